The zero-order valence-corrected chi connectivity index (χ0v) is 8.75. The van der Waals surface area contributed by atoms with Gasteiger partial charge in [-0.1, -0.05) is 58.6 Å². The van der Waals surface area contributed by atoms with Gasteiger partial charge in [-0.3, -0.25) is 0 Å². The molecular formula is C7H4Cl4O. The average molecular weight is 246 g/mol. The van der Waals surface area contributed by atoms with Gasteiger partial charge in [0.1, 0.15) is 12.2 Å². The Hall–Kier alpha value is 0.600. The Labute approximate surface area is 89.9 Å². The van der Waals surface area contributed by atoms with E-state index in [1.54, 1.807) is 12.2 Å². The third kappa shape index (κ3) is 1.11. The van der Waals surface area contributed by atoms with Gasteiger partial charge < -0.3 is 4.74 Å². The summed E-state index contributed by atoms with van der Waals surface area (Å²) in [5, 5.41) is 0.630. The fraction of sp³-hybridized carbons (Fsp3) is 0.429. The Morgan fingerprint density at radius 2 is 1.92 bits per heavy atom. The first-order valence-electron chi connectivity index (χ1n) is 3.30. The fourth-order valence-corrected chi connectivity index (χ4v) is 2.25. The first-order chi connectivity index (χ1) is 5.53. The molecule has 2 aliphatic rings. The predicted molar refractivity (Wildman–Crippen MR) is 51.0 cm³/mol. The van der Waals surface area contributed by atoms with Gasteiger partial charge in [-0.15, -0.1) is 0 Å². The maximum absolute atomic E-state index is 5.93. The molecule has 0 N–H and O–H groups in total. The van der Waals surface area contributed by atoms with Crippen molar-refractivity contribution in [2.75, 3.05) is 0 Å². The highest BCUT2D eigenvalue weighted by Gasteiger charge is 2.47. The van der Waals surface area contributed by atoms with Crippen LogP contribution in [0.25, 0.3) is 0 Å². The highest BCUT2D eigenvalue weighted by atomic mass is 35.5. The van der Waals surface area contributed by atoms with Crippen LogP contribution in [0.1, 0.15) is 0 Å². The lowest BCUT2D eigenvalue weighted by atomic mass is 10.2. The highest BCUT2D eigenvalue weighted by Crippen LogP contribution is 2.48. The number of ether oxygens (including phenoxy) is 1. The zero-order chi connectivity index (χ0) is 8.93. The van der Waals surface area contributed by atoms with Crippen LogP contribution in [-0.2, 0) is 4.74 Å². The van der Waals surface area contributed by atoms with Crippen molar-refractivity contribution in [1.29, 1.82) is 0 Å². The first kappa shape index (κ1) is 9.17. The van der Waals surface area contributed by atoms with Gasteiger partial charge in [0.05, 0.1) is 10.1 Å². The Bertz CT molecular complexity index is 281. The first-order valence-corrected chi connectivity index (χ1v) is 4.82. The van der Waals surface area contributed by atoms with Gasteiger partial charge in [0.15, 0.2) is 4.33 Å². The Morgan fingerprint density at radius 3 is 2.58 bits per heavy atom. The molecule has 0 spiro atoms. The van der Waals surface area contributed by atoms with E-state index in [-0.39, 0.29) is 17.2 Å². The Morgan fingerprint density at radius 1 is 1.25 bits per heavy atom. The van der Waals surface area contributed by atoms with Crippen molar-refractivity contribution in [3.8, 4) is 0 Å². The standard InChI is InChI=1S/C7H4Cl4O/c8-5-3-1-2-4(12-3)7(10,11)6(5)9/h1-4H. The predicted octanol–water partition coefficient (Wildman–Crippen LogP) is 3.19. The van der Waals surface area contributed by atoms with E-state index in [2.05, 4.69) is 0 Å². The number of hydrogen-bond acceptors (Lipinski definition) is 1. The second-order valence-electron chi connectivity index (χ2n) is 2.65. The molecule has 0 radical (unpaired) electrons. The molecule has 0 saturated heterocycles. The van der Waals surface area contributed by atoms with E-state index in [0.29, 0.717) is 5.03 Å². The molecule has 5 heteroatoms. The summed E-state index contributed by atoms with van der Waals surface area (Å²) >= 11 is 23.5. The third-order valence-corrected chi connectivity index (χ3v) is 3.87. The van der Waals surface area contributed by atoms with Crippen molar-refractivity contribution >= 4 is 46.4 Å². The van der Waals surface area contributed by atoms with E-state index in [4.69, 9.17) is 51.1 Å². The van der Waals surface area contributed by atoms with Gasteiger partial charge in [-0.05, 0) is 0 Å². The van der Waals surface area contributed by atoms with Crippen molar-refractivity contribution in [2.24, 2.45) is 0 Å². The van der Waals surface area contributed by atoms with Crippen LogP contribution in [0.4, 0.5) is 0 Å². The number of halogens is 4. The molecular weight excluding hydrogens is 242 g/mol. The van der Waals surface area contributed by atoms with Gasteiger partial charge in [-0.25, -0.2) is 0 Å². The summed E-state index contributed by atoms with van der Waals surface area (Å²) in [5.41, 5.74) is 0. The van der Waals surface area contributed by atoms with E-state index < -0.39 is 4.33 Å². The average Bonchev–Trinajstić information content (AvgIpc) is 2.46. The molecule has 1 nitrogen and oxygen atoms in total. The molecule has 12 heavy (non-hydrogen) atoms. The fourth-order valence-electron chi connectivity index (χ4n) is 1.21. The zero-order valence-electron chi connectivity index (χ0n) is 5.73. The summed E-state index contributed by atoms with van der Waals surface area (Å²) in [4.78, 5) is 0. The molecule has 2 heterocycles. The van der Waals surface area contributed by atoms with Crippen molar-refractivity contribution in [3.63, 3.8) is 0 Å². The van der Waals surface area contributed by atoms with E-state index in [9.17, 15) is 0 Å². The van der Waals surface area contributed by atoms with Crippen LogP contribution in [0.2, 0.25) is 0 Å². The topological polar surface area (TPSA) is 9.23 Å². The van der Waals surface area contributed by atoms with Gasteiger partial charge >= 0.3 is 0 Å². The molecule has 0 aromatic rings. The van der Waals surface area contributed by atoms with Crippen LogP contribution in [0.3, 0.4) is 0 Å². The van der Waals surface area contributed by atoms with Crippen molar-refractivity contribution in [2.45, 2.75) is 16.5 Å². The van der Waals surface area contributed by atoms with Crippen molar-refractivity contribution in [3.05, 3.63) is 22.2 Å². The summed E-state index contributed by atoms with van der Waals surface area (Å²) in [6.07, 6.45) is 2.90. The van der Waals surface area contributed by atoms with Crippen LogP contribution in [0, 0.1) is 0 Å². The molecule has 0 saturated carbocycles. The summed E-state index contributed by atoms with van der Waals surface area (Å²) in [5.74, 6) is 0. The van der Waals surface area contributed by atoms with Gasteiger partial charge in [0.2, 0.25) is 0 Å². The second kappa shape index (κ2) is 2.79. The Balaban J connectivity index is 2.51. The minimum absolute atomic E-state index is 0.263. The number of rotatable bonds is 0. The number of alkyl halides is 2. The van der Waals surface area contributed by atoms with E-state index in [1.165, 1.54) is 0 Å². The molecule has 0 amide bonds. The van der Waals surface area contributed by atoms with Crippen LogP contribution < -0.4 is 0 Å². The monoisotopic (exact) mass is 244 g/mol. The van der Waals surface area contributed by atoms with E-state index in [1.807, 2.05) is 0 Å². The largest absolute Gasteiger partial charge is 0.358 e. The van der Waals surface area contributed by atoms with Crippen molar-refractivity contribution in [1.82, 2.24) is 0 Å². The van der Waals surface area contributed by atoms with E-state index in [0.717, 1.165) is 0 Å². The van der Waals surface area contributed by atoms with Gasteiger partial charge in [0, 0.05) is 0 Å². The molecule has 2 bridgehead atoms. The minimum Gasteiger partial charge on any atom is -0.358 e. The van der Waals surface area contributed by atoms with Gasteiger partial charge in [-0.2, -0.15) is 0 Å². The Kier molecular flexibility index (Phi) is 2.13. The lowest BCUT2D eigenvalue weighted by molar-refractivity contribution is 0.0704. The lowest BCUT2D eigenvalue weighted by Crippen LogP contribution is -2.37. The minimum atomic E-state index is -1.23. The summed E-state index contributed by atoms with van der Waals surface area (Å²) < 4.78 is 4.11. The third-order valence-electron chi connectivity index (χ3n) is 1.86. The lowest BCUT2D eigenvalue weighted by Gasteiger charge is -2.31. The second-order valence-corrected chi connectivity index (χ2v) is 4.82. The molecule has 0 aromatic heterocycles. The molecule has 2 rings (SSSR count). The molecule has 2 unspecified atom stereocenters. The normalized spacial score (nSPS) is 37.7. The summed E-state index contributed by atoms with van der Waals surface area (Å²) in [7, 11) is 0. The molecule has 0 aromatic carbocycles. The molecule has 0 fully saturated rings. The van der Waals surface area contributed by atoms with Crippen LogP contribution >= 0.6 is 46.4 Å². The maximum Gasteiger partial charge on any atom is 0.184 e. The van der Waals surface area contributed by atoms with Crippen LogP contribution in [-0.4, -0.2) is 16.5 Å². The molecule has 0 aliphatic carbocycles. The SMILES string of the molecule is ClC1=C(Cl)C(Cl)(Cl)C2C=CC1O2. The molecule has 2 aliphatic heterocycles. The number of hydrogen-bond donors (Lipinski definition) is 0. The van der Waals surface area contributed by atoms with E-state index >= 15 is 0 Å². The van der Waals surface area contributed by atoms with Crippen LogP contribution in [0.15, 0.2) is 22.2 Å². The highest BCUT2D eigenvalue weighted by molar-refractivity contribution is 6.58. The summed E-state index contributed by atoms with van der Waals surface area (Å²) in [6, 6.07) is 0. The maximum atomic E-state index is 5.93. The number of fused-ring (bicyclic) bond motifs is 2. The molecule has 66 valence electrons. The van der Waals surface area contributed by atoms with Crippen molar-refractivity contribution < 1.29 is 4.74 Å². The molecule has 2 atom stereocenters. The van der Waals surface area contributed by atoms with Crippen LogP contribution in [0.5, 0.6) is 0 Å². The quantitative estimate of drug-likeness (QED) is 0.471. The van der Waals surface area contributed by atoms with Gasteiger partial charge in [0.25, 0.3) is 0 Å². The smallest absolute Gasteiger partial charge is 0.184 e. The summed E-state index contributed by atoms with van der Waals surface area (Å²) in [6.45, 7) is 0.